The highest BCUT2D eigenvalue weighted by atomic mass is 16.6. The third-order valence-corrected chi connectivity index (χ3v) is 4.64. The van der Waals surface area contributed by atoms with E-state index in [9.17, 15) is 24.8 Å². The van der Waals surface area contributed by atoms with Gasteiger partial charge in [0.1, 0.15) is 11.0 Å². The molecule has 2 aliphatic heterocycles. The van der Waals surface area contributed by atoms with E-state index in [1.807, 2.05) is 0 Å². The third kappa shape index (κ3) is 3.64. The Morgan fingerprint density at radius 2 is 2.24 bits per heavy atom. The van der Waals surface area contributed by atoms with E-state index in [-0.39, 0.29) is 17.6 Å². The smallest absolute Gasteiger partial charge is 0.395 e. The molecule has 0 saturated carbocycles. The molecule has 1 aromatic rings. The zero-order valence-electron chi connectivity index (χ0n) is 13.5. The molecule has 0 aliphatic carbocycles. The molecule has 2 saturated heterocycles. The Morgan fingerprint density at radius 1 is 1.44 bits per heavy atom. The van der Waals surface area contributed by atoms with Crippen LogP contribution in [0.25, 0.3) is 0 Å². The SMILES string of the molecule is O=C(NCC1CNCC1O)C1CCCN1C(=O)c1ccc([N+](=O)[O-])o1. The molecule has 3 atom stereocenters. The minimum Gasteiger partial charge on any atom is -0.395 e. The van der Waals surface area contributed by atoms with Gasteiger partial charge in [-0.3, -0.25) is 19.7 Å². The molecule has 25 heavy (non-hydrogen) atoms. The number of amides is 2. The van der Waals surface area contributed by atoms with Gasteiger partial charge in [-0.15, -0.1) is 0 Å². The zero-order valence-corrected chi connectivity index (χ0v) is 13.5. The predicted molar refractivity (Wildman–Crippen MR) is 84.8 cm³/mol. The minimum atomic E-state index is -0.716. The van der Waals surface area contributed by atoms with Crippen LogP contribution in [0.3, 0.4) is 0 Å². The lowest BCUT2D eigenvalue weighted by Gasteiger charge is -2.24. The molecule has 0 radical (unpaired) electrons. The summed E-state index contributed by atoms with van der Waals surface area (Å²) in [7, 11) is 0. The Kier molecular flexibility index (Phi) is 5.00. The molecular weight excluding hydrogens is 332 g/mol. The van der Waals surface area contributed by atoms with Crippen LogP contribution in [-0.2, 0) is 4.79 Å². The average Bonchev–Trinajstić information content (AvgIpc) is 3.32. The highest BCUT2D eigenvalue weighted by molar-refractivity contribution is 5.96. The second-order valence-electron chi connectivity index (χ2n) is 6.28. The first kappa shape index (κ1) is 17.4. The van der Waals surface area contributed by atoms with Crippen LogP contribution < -0.4 is 10.6 Å². The van der Waals surface area contributed by atoms with Crippen molar-refractivity contribution in [1.29, 1.82) is 0 Å². The number of likely N-dealkylation sites (tertiary alicyclic amines) is 1. The minimum absolute atomic E-state index is 0.0535. The monoisotopic (exact) mass is 352 g/mol. The molecule has 3 heterocycles. The number of furan rings is 1. The van der Waals surface area contributed by atoms with E-state index < -0.39 is 28.9 Å². The Hall–Kier alpha value is -2.46. The lowest BCUT2D eigenvalue weighted by Crippen LogP contribution is -2.47. The summed E-state index contributed by atoms with van der Waals surface area (Å²) in [6.07, 6.45) is 0.691. The van der Waals surface area contributed by atoms with E-state index in [2.05, 4.69) is 10.6 Å². The van der Waals surface area contributed by atoms with Gasteiger partial charge >= 0.3 is 5.88 Å². The average molecular weight is 352 g/mol. The van der Waals surface area contributed by atoms with Gasteiger partial charge in [-0.05, 0) is 18.9 Å². The van der Waals surface area contributed by atoms with Crippen molar-refractivity contribution < 1.29 is 24.0 Å². The van der Waals surface area contributed by atoms with Crippen LogP contribution >= 0.6 is 0 Å². The van der Waals surface area contributed by atoms with Gasteiger partial charge < -0.3 is 25.1 Å². The number of aliphatic hydroxyl groups excluding tert-OH is 1. The van der Waals surface area contributed by atoms with Crippen molar-refractivity contribution in [3.8, 4) is 0 Å². The number of β-amino-alcohol motifs (C(OH)–C–C–N with tert-alkyl or cyclic N) is 1. The molecular formula is C15H20N4O6. The molecule has 10 nitrogen and oxygen atoms in total. The molecule has 10 heteroatoms. The first-order chi connectivity index (χ1) is 12.0. The lowest BCUT2D eigenvalue weighted by atomic mass is 10.1. The maximum atomic E-state index is 12.5. The van der Waals surface area contributed by atoms with E-state index >= 15 is 0 Å². The molecule has 2 fully saturated rings. The summed E-state index contributed by atoms with van der Waals surface area (Å²) in [5, 5.41) is 26.3. The molecule has 3 rings (SSSR count). The Bertz CT molecular complexity index is 675. The van der Waals surface area contributed by atoms with Gasteiger partial charge in [0, 0.05) is 32.1 Å². The number of hydrogen-bond donors (Lipinski definition) is 3. The van der Waals surface area contributed by atoms with Gasteiger partial charge in [0.25, 0.3) is 5.91 Å². The summed E-state index contributed by atoms with van der Waals surface area (Å²) in [5.74, 6) is -1.53. The number of hydrogen-bond acceptors (Lipinski definition) is 7. The molecule has 2 aliphatic rings. The van der Waals surface area contributed by atoms with Gasteiger partial charge in [0.2, 0.25) is 5.91 Å². The largest absolute Gasteiger partial charge is 0.433 e. The highest BCUT2D eigenvalue weighted by Gasteiger charge is 2.36. The van der Waals surface area contributed by atoms with Crippen LogP contribution in [0.15, 0.2) is 16.5 Å². The summed E-state index contributed by atoms with van der Waals surface area (Å²) < 4.78 is 4.94. The number of nitrogens with zero attached hydrogens (tertiary/aromatic N) is 2. The van der Waals surface area contributed by atoms with Crippen LogP contribution in [0.2, 0.25) is 0 Å². The van der Waals surface area contributed by atoms with E-state index in [0.717, 1.165) is 6.07 Å². The fraction of sp³-hybridized carbons (Fsp3) is 0.600. The molecule has 136 valence electrons. The van der Waals surface area contributed by atoms with Gasteiger partial charge in [0.15, 0.2) is 5.76 Å². The van der Waals surface area contributed by atoms with Crippen molar-refractivity contribution in [2.24, 2.45) is 5.92 Å². The van der Waals surface area contributed by atoms with E-state index in [1.54, 1.807) is 0 Å². The number of nitrogens with one attached hydrogen (secondary N) is 2. The van der Waals surface area contributed by atoms with Crippen molar-refractivity contribution in [1.82, 2.24) is 15.5 Å². The second kappa shape index (κ2) is 7.19. The van der Waals surface area contributed by atoms with Crippen molar-refractivity contribution in [3.05, 3.63) is 28.0 Å². The van der Waals surface area contributed by atoms with Crippen molar-refractivity contribution in [3.63, 3.8) is 0 Å². The highest BCUT2D eigenvalue weighted by Crippen LogP contribution is 2.23. The topological polar surface area (TPSA) is 138 Å². The maximum Gasteiger partial charge on any atom is 0.433 e. The van der Waals surface area contributed by atoms with E-state index in [4.69, 9.17) is 4.42 Å². The number of aliphatic hydroxyl groups is 1. The van der Waals surface area contributed by atoms with Crippen LogP contribution in [0.4, 0.5) is 5.88 Å². The number of nitro groups is 1. The van der Waals surface area contributed by atoms with E-state index in [0.29, 0.717) is 39.0 Å². The zero-order chi connectivity index (χ0) is 18.0. The predicted octanol–water partition coefficient (Wildman–Crippen LogP) is -0.511. The first-order valence-corrected chi connectivity index (χ1v) is 8.19. The molecule has 0 bridgehead atoms. The molecule has 3 unspecified atom stereocenters. The van der Waals surface area contributed by atoms with Crippen LogP contribution in [-0.4, -0.2) is 65.1 Å². The quantitative estimate of drug-likeness (QED) is 0.479. The Morgan fingerprint density at radius 3 is 2.88 bits per heavy atom. The van der Waals surface area contributed by atoms with Crippen molar-refractivity contribution in [2.45, 2.75) is 25.0 Å². The first-order valence-electron chi connectivity index (χ1n) is 8.19. The van der Waals surface area contributed by atoms with Crippen LogP contribution in [0.5, 0.6) is 0 Å². The van der Waals surface area contributed by atoms with Gasteiger partial charge in [-0.25, -0.2) is 0 Å². The summed E-state index contributed by atoms with van der Waals surface area (Å²) in [6.45, 7) is 1.85. The maximum absolute atomic E-state index is 12.5. The molecule has 0 spiro atoms. The lowest BCUT2D eigenvalue weighted by molar-refractivity contribution is -0.402. The summed E-state index contributed by atoms with van der Waals surface area (Å²) in [6, 6.07) is 1.73. The number of rotatable bonds is 5. The fourth-order valence-corrected chi connectivity index (χ4v) is 3.24. The van der Waals surface area contributed by atoms with Gasteiger partial charge in [0.05, 0.1) is 12.2 Å². The van der Waals surface area contributed by atoms with Crippen molar-refractivity contribution >= 4 is 17.7 Å². The number of carbonyl (C=O) groups excluding carboxylic acids is 2. The molecule has 0 aromatic carbocycles. The van der Waals surface area contributed by atoms with Crippen LogP contribution in [0, 0.1) is 16.0 Å². The summed E-state index contributed by atoms with van der Waals surface area (Å²) in [4.78, 5) is 36.2. The Balaban J connectivity index is 1.61. The van der Waals surface area contributed by atoms with Crippen molar-refractivity contribution in [2.75, 3.05) is 26.2 Å². The van der Waals surface area contributed by atoms with Crippen LogP contribution in [0.1, 0.15) is 23.4 Å². The second-order valence-corrected chi connectivity index (χ2v) is 6.28. The molecule has 3 N–H and O–H groups in total. The van der Waals surface area contributed by atoms with Gasteiger partial charge in [-0.1, -0.05) is 0 Å². The standard InChI is InChI=1S/C15H20N4O6/c20-11-8-16-6-9(11)7-17-14(21)10-2-1-5-18(10)15(22)12-3-4-13(25-12)19(23)24/h3-4,9-11,16,20H,1-2,5-8H2,(H,17,21). The summed E-state index contributed by atoms with van der Waals surface area (Å²) in [5.41, 5.74) is 0. The molecule has 1 aromatic heterocycles. The normalized spacial score (nSPS) is 26.0. The molecule has 2 amide bonds. The summed E-state index contributed by atoms with van der Waals surface area (Å²) >= 11 is 0. The fourth-order valence-electron chi connectivity index (χ4n) is 3.24. The van der Waals surface area contributed by atoms with E-state index in [1.165, 1.54) is 11.0 Å². The number of carbonyl (C=O) groups is 2. The third-order valence-electron chi connectivity index (χ3n) is 4.64. The van der Waals surface area contributed by atoms with Gasteiger partial charge in [-0.2, -0.15) is 0 Å². The Labute approximate surface area is 143 Å².